The number of rotatable bonds is 7. The lowest BCUT2D eigenvalue weighted by atomic mass is 9.96. The molecule has 3 aromatic carbocycles. The number of amides is 1. The summed E-state index contributed by atoms with van der Waals surface area (Å²) in [7, 11) is 0. The smallest absolute Gasteiger partial charge is 0.224 e. The molecule has 3 heteroatoms. The molecule has 0 saturated heterocycles. The number of carbonyl (C=O) groups is 2. The van der Waals surface area contributed by atoms with Crippen molar-refractivity contribution in [1.82, 2.24) is 5.32 Å². The Labute approximate surface area is 166 Å². The summed E-state index contributed by atoms with van der Waals surface area (Å²) in [6.07, 6.45) is 0.522. The van der Waals surface area contributed by atoms with Crippen LogP contribution < -0.4 is 5.32 Å². The molecular formula is C25H25NO2. The normalized spacial score (nSPS) is 11.6. The van der Waals surface area contributed by atoms with Crippen LogP contribution in [0.5, 0.6) is 0 Å². The van der Waals surface area contributed by atoms with E-state index in [0.29, 0.717) is 12.0 Å². The Hall–Kier alpha value is -3.20. The summed E-state index contributed by atoms with van der Waals surface area (Å²) in [5.41, 5.74) is 4.81. The molecule has 0 aliphatic rings. The van der Waals surface area contributed by atoms with Gasteiger partial charge in [0, 0.05) is 12.0 Å². The lowest BCUT2D eigenvalue weighted by Crippen LogP contribution is -2.31. The Kier molecular flexibility index (Phi) is 6.38. The zero-order chi connectivity index (χ0) is 19.9. The molecule has 1 N–H and O–H groups in total. The third-order valence-electron chi connectivity index (χ3n) is 4.79. The summed E-state index contributed by atoms with van der Waals surface area (Å²) in [4.78, 5) is 25.4. The molecule has 0 aliphatic heterocycles. The van der Waals surface area contributed by atoms with E-state index in [1.165, 1.54) is 0 Å². The van der Waals surface area contributed by atoms with Crippen molar-refractivity contribution in [2.45, 2.75) is 32.7 Å². The average Bonchev–Trinajstić information content (AvgIpc) is 2.69. The molecule has 142 valence electrons. The molecule has 0 spiro atoms. The number of ketones is 1. The van der Waals surface area contributed by atoms with Crippen molar-refractivity contribution >= 4 is 11.7 Å². The number of hydrogen-bond donors (Lipinski definition) is 1. The van der Waals surface area contributed by atoms with E-state index in [2.05, 4.69) is 5.32 Å². The number of carbonyl (C=O) groups excluding carboxylic acids is 2. The molecule has 0 aromatic heterocycles. The minimum Gasteiger partial charge on any atom is -0.349 e. The maximum absolute atomic E-state index is 12.8. The quantitative estimate of drug-likeness (QED) is 0.596. The van der Waals surface area contributed by atoms with Crippen LogP contribution in [0, 0.1) is 13.8 Å². The summed E-state index contributed by atoms with van der Waals surface area (Å²) in [5.74, 6) is -0.0703. The molecule has 0 radical (unpaired) electrons. The van der Waals surface area contributed by atoms with E-state index in [9.17, 15) is 9.59 Å². The highest BCUT2D eigenvalue weighted by Crippen LogP contribution is 2.21. The summed E-state index contributed by atoms with van der Waals surface area (Å²) < 4.78 is 0. The van der Waals surface area contributed by atoms with Gasteiger partial charge < -0.3 is 5.32 Å². The van der Waals surface area contributed by atoms with Gasteiger partial charge in [0.1, 0.15) is 0 Å². The molecule has 3 rings (SSSR count). The van der Waals surface area contributed by atoms with E-state index >= 15 is 0 Å². The van der Waals surface area contributed by atoms with Crippen molar-refractivity contribution in [1.29, 1.82) is 0 Å². The highest BCUT2D eigenvalue weighted by atomic mass is 16.2. The summed E-state index contributed by atoms with van der Waals surface area (Å²) in [5, 5.41) is 3.05. The van der Waals surface area contributed by atoms with E-state index in [4.69, 9.17) is 0 Å². The topological polar surface area (TPSA) is 46.2 Å². The second-order valence-electron chi connectivity index (χ2n) is 7.19. The van der Waals surface area contributed by atoms with Crippen LogP contribution in [0.3, 0.4) is 0 Å². The van der Waals surface area contributed by atoms with E-state index in [1.54, 1.807) is 0 Å². The van der Waals surface area contributed by atoms with Gasteiger partial charge >= 0.3 is 0 Å². The van der Waals surface area contributed by atoms with Crippen molar-refractivity contribution < 1.29 is 9.59 Å². The van der Waals surface area contributed by atoms with Crippen LogP contribution in [0.2, 0.25) is 0 Å². The molecule has 1 atom stereocenters. The fraction of sp³-hybridized carbons (Fsp3) is 0.200. The van der Waals surface area contributed by atoms with E-state index in [0.717, 1.165) is 22.3 Å². The number of hydrogen-bond acceptors (Lipinski definition) is 2. The highest BCUT2D eigenvalue weighted by molar-refractivity contribution is 5.96. The maximum Gasteiger partial charge on any atom is 0.224 e. The molecule has 3 aromatic rings. The predicted molar refractivity (Wildman–Crippen MR) is 112 cm³/mol. The molecule has 0 aliphatic carbocycles. The first-order chi connectivity index (χ1) is 13.5. The van der Waals surface area contributed by atoms with Crippen LogP contribution >= 0.6 is 0 Å². The fourth-order valence-electron chi connectivity index (χ4n) is 3.12. The molecule has 1 unspecified atom stereocenters. The average molecular weight is 371 g/mol. The van der Waals surface area contributed by atoms with Crippen LogP contribution in [-0.2, 0) is 11.2 Å². The molecule has 0 heterocycles. The summed E-state index contributed by atoms with van der Waals surface area (Å²) in [6.45, 7) is 4.01. The van der Waals surface area contributed by atoms with Gasteiger partial charge in [0.15, 0.2) is 5.78 Å². The van der Waals surface area contributed by atoms with E-state index < -0.39 is 0 Å². The van der Waals surface area contributed by atoms with Crippen molar-refractivity contribution in [3.05, 3.63) is 107 Å². The Balaban J connectivity index is 1.76. The Bertz CT molecular complexity index is 929. The van der Waals surface area contributed by atoms with Gasteiger partial charge in [-0.2, -0.15) is 0 Å². The van der Waals surface area contributed by atoms with E-state index in [1.807, 2.05) is 92.7 Å². The lowest BCUT2D eigenvalue weighted by Gasteiger charge is -2.19. The predicted octanol–water partition coefficient (Wildman–Crippen LogP) is 4.98. The third kappa shape index (κ3) is 5.40. The zero-order valence-corrected chi connectivity index (χ0v) is 16.3. The Morgan fingerprint density at radius 1 is 0.786 bits per heavy atom. The lowest BCUT2D eigenvalue weighted by molar-refractivity contribution is -0.121. The summed E-state index contributed by atoms with van der Waals surface area (Å²) in [6, 6.07) is 24.8. The Morgan fingerprint density at radius 3 is 1.96 bits per heavy atom. The second kappa shape index (κ2) is 9.14. The molecular weight excluding hydrogens is 346 g/mol. The van der Waals surface area contributed by atoms with Crippen molar-refractivity contribution in [3.8, 4) is 0 Å². The molecule has 0 bridgehead atoms. The standard InChI is InChI=1S/C25H25NO2/c1-18-8-12-21(13-9-18)23(17-24(27)22-14-10-19(2)11-15-22)26-25(28)16-20-6-4-3-5-7-20/h3-15,23H,16-17H2,1-2H3,(H,26,28). The molecule has 0 saturated carbocycles. The maximum atomic E-state index is 12.8. The van der Waals surface area contributed by atoms with Crippen LogP contribution in [0.4, 0.5) is 0 Å². The number of benzene rings is 3. The molecule has 1 amide bonds. The summed E-state index contributed by atoms with van der Waals surface area (Å²) >= 11 is 0. The van der Waals surface area contributed by atoms with E-state index in [-0.39, 0.29) is 24.2 Å². The van der Waals surface area contributed by atoms with Gasteiger partial charge in [-0.05, 0) is 25.0 Å². The number of Topliss-reactive ketones (excluding diaryl/α,β-unsaturated/α-hetero) is 1. The first-order valence-electron chi connectivity index (χ1n) is 9.51. The van der Waals surface area contributed by atoms with Crippen molar-refractivity contribution in [3.63, 3.8) is 0 Å². The number of aryl methyl sites for hydroxylation is 2. The van der Waals surface area contributed by atoms with Gasteiger partial charge in [0.25, 0.3) is 0 Å². The fourth-order valence-corrected chi connectivity index (χ4v) is 3.12. The van der Waals surface area contributed by atoms with Crippen LogP contribution in [0.25, 0.3) is 0 Å². The van der Waals surface area contributed by atoms with Gasteiger partial charge in [-0.1, -0.05) is 90.0 Å². The van der Waals surface area contributed by atoms with Crippen LogP contribution in [0.1, 0.15) is 45.1 Å². The van der Waals surface area contributed by atoms with Crippen molar-refractivity contribution in [2.75, 3.05) is 0 Å². The van der Waals surface area contributed by atoms with Gasteiger partial charge in [-0.25, -0.2) is 0 Å². The first-order valence-corrected chi connectivity index (χ1v) is 9.51. The Morgan fingerprint density at radius 2 is 1.36 bits per heavy atom. The highest BCUT2D eigenvalue weighted by Gasteiger charge is 2.19. The third-order valence-corrected chi connectivity index (χ3v) is 4.79. The van der Waals surface area contributed by atoms with Gasteiger partial charge in [0.2, 0.25) is 5.91 Å². The zero-order valence-electron chi connectivity index (χ0n) is 16.3. The van der Waals surface area contributed by atoms with Crippen LogP contribution in [0.15, 0.2) is 78.9 Å². The SMILES string of the molecule is Cc1ccc(C(=O)CC(NC(=O)Cc2ccccc2)c2ccc(C)cc2)cc1. The minimum absolute atomic E-state index is 0.0191. The van der Waals surface area contributed by atoms with Crippen molar-refractivity contribution in [2.24, 2.45) is 0 Å². The monoisotopic (exact) mass is 371 g/mol. The van der Waals surface area contributed by atoms with Gasteiger partial charge in [-0.15, -0.1) is 0 Å². The number of nitrogens with one attached hydrogen (secondary N) is 1. The van der Waals surface area contributed by atoms with Gasteiger partial charge in [0.05, 0.1) is 12.5 Å². The molecule has 0 fully saturated rings. The van der Waals surface area contributed by atoms with Gasteiger partial charge in [-0.3, -0.25) is 9.59 Å². The second-order valence-corrected chi connectivity index (χ2v) is 7.19. The molecule has 3 nitrogen and oxygen atoms in total. The largest absolute Gasteiger partial charge is 0.349 e. The minimum atomic E-state index is -0.356. The first kappa shape index (κ1) is 19.6. The van der Waals surface area contributed by atoms with Crippen LogP contribution in [-0.4, -0.2) is 11.7 Å². The molecule has 28 heavy (non-hydrogen) atoms.